The van der Waals surface area contributed by atoms with Gasteiger partial charge in [-0.3, -0.25) is 4.79 Å². The van der Waals surface area contributed by atoms with Gasteiger partial charge in [0.25, 0.3) is 0 Å². The van der Waals surface area contributed by atoms with Crippen molar-refractivity contribution in [2.45, 2.75) is 24.8 Å². The number of carbonyl (C=O) groups excluding carboxylic acids is 1. The van der Waals surface area contributed by atoms with Crippen LogP contribution in [-0.2, 0) is 14.8 Å². The number of aryl methyl sites for hydroxylation is 1. The Morgan fingerprint density at radius 3 is 2.43 bits per heavy atom. The second kappa shape index (κ2) is 8.47. The Hall–Kier alpha value is -2.88. The molecule has 0 bridgehead atoms. The first-order valence-electron chi connectivity index (χ1n) is 8.82. The number of hydrogen-bond donors (Lipinski definition) is 2. The average molecular weight is 451 g/mol. The van der Waals surface area contributed by atoms with Crippen molar-refractivity contribution < 1.29 is 22.4 Å². The molecule has 1 aromatic heterocycles. The van der Waals surface area contributed by atoms with Crippen molar-refractivity contribution in [3.63, 3.8) is 0 Å². The minimum absolute atomic E-state index is 0.0552. The lowest BCUT2D eigenvalue weighted by Gasteiger charge is -2.15. The lowest BCUT2D eigenvalue weighted by atomic mass is 10.1. The van der Waals surface area contributed by atoms with Gasteiger partial charge >= 0.3 is 11.6 Å². The summed E-state index contributed by atoms with van der Waals surface area (Å²) in [4.78, 5) is 24.7. The fraction of sp³-hybridized carbons (Fsp3) is 0.200. The topological polar surface area (TPSA) is 115 Å². The fourth-order valence-corrected chi connectivity index (χ4v) is 4.21. The maximum atomic E-state index is 12.5. The number of ether oxygens (including phenoxy) is 1. The van der Waals surface area contributed by atoms with Crippen molar-refractivity contribution in [2.24, 2.45) is 0 Å². The Balaban J connectivity index is 1.79. The molecule has 2 N–H and O–H groups in total. The van der Waals surface area contributed by atoms with E-state index in [1.165, 1.54) is 44.4 Å². The van der Waals surface area contributed by atoms with E-state index in [1.54, 1.807) is 12.1 Å². The maximum Gasteiger partial charge on any atom is 0.346 e. The maximum absolute atomic E-state index is 12.5. The van der Waals surface area contributed by atoms with Crippen molar-refractivity contribution in [2.75, 3.05) is 12.4 Å². The van der Waals surface area contributed by atoms with Crippen LogP contribution in [0.2, 0.25) is 5.02 Å². The highest BCUT2D eigenvalue weighted by molar-refractivity contribution is 7.89. The molecule has 10 heteroatoms. The first-order valence-corrected chi connectivity index (χ1v) is 10.7. The van der Waals surface area contributed by atoms with E-state index in [0.717, 1.165) is 5.56 Å². The van der Waals surface area contributed by atoms with Gasteiger partial charge in [0.2, 0.25) is 15.9 Å². The summed E-state index contributed by atoms with van der Waals surface area (Å²) in [6.45, 7) is 3.26. The minimum atomic E-state index is -3.88. The monoisotopic (exact) mass is 450 g/mol. The summed E-state index contributed by atoms with van der Waals surface area (Å²) < 4.78 is 37.1. The molecular weight excluding hydrogens is 432 g/mol. The number of benzene rings is 2. The Kier molecular flexibility index (Phi) is 6.16. The molecule has 0 aliphatic carbocycles. The van der Waals surface area contributed by atoms with Crippen LogP contribution < -0.4 is 20.4 Å². The van der Waals surface area contributed by atoms with Gasteiger partial charge in [0.1, 0.15) is 5.02 Å². The van der Waals surface area contributed by atoms with Crippen LogP contribution >= 0.6 is 11.6 Å². The van der Waals surface area contributed by atoms with Crippen molar-refractivity contribution in [1.82, 2.24) is 4.72 Å². The number of methoxy groups -OCH3 is 1. The molecule has 0 spiro atoms. The number of amides is 1. The molecule has 0 radical (unpaired) electrons. The zero-order chi connectivity index (χ0) is 22.1. The van der Waals surface area contributed by atoms with Gasteiger partial charge in [-0.2, -0.15) is 4.72 Å². The first kappa shape index (κ1) is 21.8. The molecule has 0 aliphatic rings. The van der Waals surface area contributed by atoms with E-state index in [9.17, 15) is 18.0 Å². The van der Waals surface area contributed by atoms with Crippen molar-refractivity contribution in [1.29, 1.82) is 0 Å². The summed E-state index contributed by atoms with van der Waals surface area (Å²) >= 11 is 6.14. The largest absolute Gasteiger partial charge is 0.467 e. The van der Waals surface area contributed by atoms with Crippen LogP contribution in [0.5, 0.6) is 5.95 Å². The SMILES string of the molecule is COc1oc(=O)c2cc(NC(=O)[C@H](C)NS(=O)(=O)c3ccc(C)cc3)ccc2c1Cl. The summed E-state index contributed by atoms with van der Waals surface area (Å²) in [7, 11) is -2.55. The predicted octanol–water partition coefficient (Wildman–Crippen LogP) is 3.07. The second-order valence-electron chi connectivity index (χ2n) is 6.60. The van der Waals surface area contributed by atoms with E-state index in [1.807, 2.05) is 6.92 Å². The second-order valence-corrected chi connectivity index (χ2v) is 8.69. The van der Waals surface area contributed by atoms with Gasteiger partial charge in [-0.05, 0) is 38.1 Å². The normalized spacial score (nSPS) is 12.5. The van der Waals surface area contributed by atoms with Gasteiger partial charge in [0, 0.05) is 11.1 Å². The highest BCUT2D eigenvalue weighted by Crippen LogP contribution is 2.31. The van der Waals surface area contributed by atoms with Crippen LogP contribution in [0, 0.1) is 6.92 Å². The molecule has 1 heterocycles. The third kappa shape index (κ3) is 4.48. The Labute approximate surface area is 177 Å². The molecule has 1 amide bonds. The predicted molar refractivity (Wildman–Crippen MR) is 114 cm³/mol. The summed E-state index contributed by atoms with van der Waals surface area (Å²) in [5, 5.41) is 3.24. The zero-order valence-electron chi connectivity index (χ0n) is 16.4. The quantitative estimate of drug-likeness (QED) is 0.596. The van der Waals surface area contributed by atoms with Gasteiger partial charge < -0.3 is 14.5 Å². The highest BCUT2D eigenvalue weighted by atomic mass is 35.5. The molecular formula is C20H19ClN2O6S. The Bertz CT molecular complexity index is 1270. The number of hydrogen-bond acceptors (Lipinski definition) is 6. The molecule has 0 unspecified atom stereocenters. The van der Waals surface area contributed by atoms with Crippen LogP contribution in [0.25, 0.3) is 10.8 Å². The van der Waals surface area contributed by atoms with E-state index in [0.29, 0.717) is 5.39 Å². The molecule has 3 rings (SSSR count). The summed E-state index contributed by atoms with van der Waals surface area (Å²) in [6.07, 6.45) is 0. The van der Waals surface area contributed by atoms with Gasteiger partial charge in [0.15, 0.2) is 0 Å². The summed E-state index contributed by atoms with van der Waals surface area (Å²) in [5.41, 5.74) is 0.510. The highest BCUT2D eigenvalue weighted by Gasteiger charge is 2.22. The minimum Gasteiger partial charge on any atom is -0.467 e. The van der Waals surface area contributed by atoms with Gasteiger partial charge in [-0.15, -0.1) is 0 Å². The molecule has 1 atom stereocenters. The van der Waals surface area contributed by atoms with Crippen molar-refractivity contribution in [3.05, 3.63) is 63.5 Å². The molecule has 158 valence electrons. The Morgan fingerprint density at radius 1 is 1.13 bits per heavy atom. The molecule has 0 saturated heterocycles. The van der Waals surface area contributed by atoms with E-state index >= 15 is 0 Å². The zero-order valence-corrected chi connectivity index (χ0v) is 17.9. The Morgan fingerprint density at radius 2 is 1.80 bits per heavy atom. The first-order chi connectivity index (χ1) is 14.1. The van der Waals surface area contributed by atoms with Gasteiger partial charge in [0.05, 0.1) is 23.4 Å². The molecule has 0 saturated carbocycles. The van der Waals surface area contributed by atoms with E-state index < -0.39 is 27.6 Å². The fourth-order valence-electron chi connectivity index (χ4n) is 2.73. The lowest BCUT2D eigenvalue weighted by molar-refractivity contribution is -0.117. The summed E-state index contributed by atoms with van der Waals surface area (Å²) in [5.74, 6) is -0.709. The average Bonchev–Trinajstić information content (AvgIpc) is 2.70. The number of carbonyl (C=O) groups is 1. The number of anilines is 1. The molecule has 8 nitrogen and oxygen atoms in total. The number of halogens is 1. The summed E-state index contributed by atoms with van der Waals surface area (Å²) in [6, 6.07) is 9.65. The van der Waals surface area contributed by atoms with E-state index in [2.05, 4.69) is 10.0 Å². The van der Waals surface area contributed by atoms with Crippen LogP contribution in [0.1, 0.15) is 12.5 Å². The van der Waals surface area contributed by atoms with Crippen LogP contribution in [0.3, 0.4) is 0 Å². The van der Waals surface area contributed by atoms with Crippen LogP contribution in [0.4, 0.5) is 5.69 Å². The van der Waals surface area contributed by atoms with Crippen LogP contribution in [-0.4, -0.2) is 27.5 Å². The third-order valence-corrected chi connectivity index (χ3v) is 6.26. The van der Waals surface area contributed by atoms with Crippen molar-refractivity contribution >= 4 is 44.0 Å². The van der Waals surface area contributed by atoms with Gasteiger partial charge in [-0.25, -0.2) is 13.2 Å². The number of fused-ring (bicyclic) bond motifs is 1. The standard InChI is InChI=1S/C20H19ClN2O6S/c1-11-4-7-14(8-5-11)30(26,27)23-12(2)18(24)22-13-6-9-15-16(10-13)19(25)29-20(28-3)17(15)21/h4-10,12,23H,1-3H3,(H,22,24)/t12-/m0/s1. The number of sulfonamides is 1. The molecule has 30 heavy (non-hydrogen) atoms. The number of nitrogens with one attached hydrogen (secondary N) is 2. The number of rotatable bonds is 6. The van der Waals surface area contributed by atoms with E-state index in [-0.39, 0.29) is 26.9 Å². The molecule has 3 aromatic rings. The third-order valence-electron chi connectivity index (χ3n) is 4.35. The lowest BCUT2D eigenvalue weighted by Crippen LogP contribution is -2.41. The molecule has 2 aromatic carbocycles. The van der Waals surface area contributed by atoms with Gasteiger partial charge in [-0.1, -0.05) is 35.4 Å². The molecule has 0 fully saturated rings. The van der Waals surface area contributed by atoms with E-state index in [4.69, 9.17) is 20.8 Å². The van der Waals surface area contributed by atoms with Crippen molar-refractivity contribution in [3.8, 4) is 5.95 Å². The van der Waals surface area contributed by atoms with Crippen LogP contribution in [0.15, 0.2) is 56.6 Å². The smallest absolute Gasteiger partial charge is 0.346 e. The molecule has 0 aliphatic heterocycles.